The van der Waals surface area contributed by atoms with Gasteiger partial charge in [-0.1, -0.05) is 65.7 Å². The molecule has 2 aromatic rings. The Morgan fingerprint density at radius 3 is 2.03 bits per heavy atom. The van der Waals surface area contributed by atoms with Crippen molar-refractivity contribution in [3.05, 3.63) is 81.2 Å². The van der Waals surface area contributed by atoms with E-state index in [2.05, 4.69) is 37.3 Å². The van der Waals surface area contributed by atoms with Crippen molar-refractivity contribution in [1.29, 1.82) is 5.26 Å². The number of carbonyl (C=O) groups is 2. The summed E-state index contributed by atoms with van der Waals surface area (Å²) in [7, 11) is 0. The van der Waals surface area contributed by atoms with Crippen LogP contribution in [0.3, 0.4) is 0 Å². The first-order valence-electron chi connectivity index (χ1n) is 12.5. The zero-order valence-corrected chi connectivity index (χ0v) is 21.6. The number of benzene rings is 2. The Hall–Kier alpha value is -3.50. The van der Waals surface area contributed by atoms with Crippen LogP contribution < -0.4 is 4.90 Å². The molecule has 3 aliphatic rings. The fourth-order valence-corrected chi connectivity index (χ4v) is 5.78. The molecule has 0 bridgehead atoms. The molecule has 0 unspecified atom stereocenters. The van der Waals surface area contributed by atoms with Gasteiger partial charge in [0.15, 0.2) is 0 Å². The van der Waals surface area contributed by atoms with Crippen LogP contribution in [-0.4, -0.2) is 47.8 Å². The highest BCUT2D eigenvalue weighted by molar-refractivity contribution is 8.06. The third-order valence-electron chi connectivity index (χ3n) is 7.24. The monoisotopic (exact) mass is 498 g/mol. The molecule has 2 heterocycles. The second-order valence-electron chi connectivity index (χ2n) is 9.70. The normalized spacial score (nSPS) is 19.5. The van der Waals surface area contributed by atoms with Gasteiger partial charge >= 0.3 is 0 Å². The van der Waals surface area contributed by atoms with Gasteiger partial charge in [0.1, 0.15) is 16.7 Å². The summed E-state index contributed by atoms with van der Waals surface area (Å²) in [5.74, 6) is 0.107. The minimum atomic E-state index is -0.272. The summed E-state index contributed by atoms with van der Waals surface area (Å²) in [6.45, 7) is 6.03. The molecule has 2 amide bonds. The van der Waals surface area contributed by atoms with Gasteiger partial charge in [-0.15, -0.1) is 0 Å². The van der Waals surface area contributed by atoms with Crippen LogP contribution in [0.4, 0.5) is 5.69 Å². The number of carbonyl (C=O) groups excluding carboxylic acids is 2. The molecule has 0 spiro atoms. The van der Waals surface area contributed by atoms with Gasteiger partial charge in [0, 0.05) is 43.2 Å². The van der Waals surface area contributed by atoms with Crippen molar-refractivity contribution < 1.29 is 9.59 Å². The number of hydrogen-bond donors (Lipinski definition) is 0. The molecule has 0 atom stereocenters. The van der Waals surface area contributed by atoms with E-state index in [9.17, 15) is 14.9 Å². The van der Waals surface area contributed by atoms with Crippen LogP contribution in [-0.2, 0) is 9.59 Å². The zero-order chi connectivity index (χ0) is 25.2. The fraction of sp³-hybridized carbons (Fsp3) is 0.345. The lowest BCUT2D eigenvalue weighted by atomic mass is 9.84. The van der Waals surface area contributed by atoms with E-state index < -0.39 is 0 Å². The van der Waals surface area contributed by atoms with E-state index in [1.807, 2.05) is 46.4 Å². The van der Waals surface area contributed by atoms with Crippen molar-refractivity contribution in [2.45, 2.75) is 33.1 Å². The van der Waals surface area contributed by atoms with Crippen LogP contribution in [0, 0.1) is 31.1 Å². The van der Waals surface area contributed by atoms with Crippen LogP contribution >= 0.6 is 11.8 Å². The topological polar surface area (TPSA) is 67.6 Å². The van der Waals surface area contributed by atoms with Crippen molar-refractivity contribution in [3.8, 4) is 6.07 Å². The third-order valence-corrected chi connectivity index (χ3v) is 8.19. The molecule has 2 fully saturated rings. The van der Waals surface area contributed by atoms with Gasteiger partial charge in [-0.3, -0.25) is 9.59 Å². The maximum atomic E-state index is 13.6. The molecule has 0 N–H and O–H groups in total. The summed E-state index contributed by atoms with van der Waals surface area (Å²) in [6, 6.07) is 18.6. The quantitative estimate of drug-likeness (QED) is 0.435. The molecule has 5 rings (SSSR count). The molecule has 2 aromatic carbocycles. The lowest BCUT2D eigenvalue weighted by Crippen LogP contribution is -2.53. The largest absolute Gasteiger partial charge is 0.339 e. The highest BCUT2D eigenvalue weighted by Crippen LogP contribution is 2.44. The summed E-state index contributed by atoms with van der Waals surface area (Å²) in [6.07, 6.45) is 3.08. The van der Waals surface area contributed by atoms with Gasteiger partial charge in [0.05, 0.1) is 5.70 Å². The van der Waals surface area contributed by atoms with E-state index in [-0.39, 0.29) is 23.3 Å². The average molecular weight is 499 g/mol. The van der Waals surface area contributed by atoms with Crippen molar-refractivity contribution in [1.82, 2.24) is 9.80 Å². The van der Waals surface area contributed by atoms with E-state index in [1.54, 1.807) is 4.90 Å². The summed E-state index contributed by atoms with van der Waals surface area (Å²) in [5, 5.41) is 12.8. The predicted molar refractivity (Wildman–Crippen MR) is 144 cm³/mol. The summed E-state index contributed by atoms with van der Waals surface area (Å²) in [4.78, 5) is 31.8. The lowest BCUT2D eigenvalue weighted by Gasteiger charge is -2.38. The molecular formula is C29H30N4O2S. The molecule has 184 valence electrons. The van der Waals surface area contributed by atoms with E-state index in [4.69, 9.17) is 0 Å². The van der Waals surface area contributed by atoms with E-state index in [0.717, 1.165) is 41.8 Å². The smallest absolute Gasteiger partial charge is 0.267 e. The fourth-order valence-electron chi connectivity index (χ4n) is 4.76. The Kier molecular flexibility index (Phi) is 6.88. The number of nitrogens with zero attached hydrogens (tertiary/aromatic N) is 4. The maximum absolute atomic E-state index is 13.6. The Morgan fingerprint density at radius 1 is 0.889 bits per heavy atom. The van der Waals surface area contributed by atoms with Crippen molar-refractivity contribution in [2.75, 3.05) is 31.1 Å². The minimum Gasteiger partial charge on any atom is -0.339 e. The standard InChI is InChI=1S/C29H30N4O2S/c1-20-6-10-22(11-7-20)26-19-36-29(33(26)24-12-8-21(2)9-13-24)25(18-30)28(35)32-16-14-31(15-17-32)27(34)23-4-3-5-23/h6-13,19,23H,3-5,14-17H2,1-2H3. The summed E-state index contributed by atoms with van der Waals surface area (Å²) < 4.78 is 0. The van der Waals surface area contributed by atoms with Gasteiger partial charge in [-0.05, 0) is 44.4 Å². The average Bonchev–Trinajstić information content (AvgIpc) is 3.29. The second kappa shape index (κ2) is 10.2. The van der Waals surface area contributed by atoms with Crippen LogP contribution in [0.15, 0.2) is 64.5 Å². The lowest BCUT2D eigenvalue weighted by molar-refractivity contribution is -0.142. The second-order valence-corrected chi connectivity index (χ2v) is 10.6. The van der Waals surface area contributed by atoms with Crippen molar-refractivity contribution in [2.24, 2.45) is 5.92 Å². The number of nitriles is 1. The van der Waals surface area contributed by atoms with Crippen molar-refractivity contribution in [3.63, 3.8) is 0 Å². The molecule has 2 aliphatic heterocycles. The maximum Gasteiger partial charge on any atom is 0.267 e. The Morgan fingerprint density at radius 2 is 1.47 bits per heavy atom. The molecule has 0 radical (unpaired) electrons. The Bertz CT molecular complexity index is 1260. The SMILES string of the molecule is Cc1ccc(C2=CSC(=C(C#N)C(=O)N3CCN(C(=O)C4CCC4)CC3)N2c2ccc(C)cc2)cc1. The number of rotatable bonds is 4. The van der Waals surface area contributed by atoms with Crippen LogP contribution in [0.1, 0.15) is 36.0 Å². The van der Waals surface area contributed by atoms with Crippen molar-refractivity contribution >= 4 is 35.0 Å². The number of thioether (sulfide) groups is 1. The van der Waals surface area contributed by atoms with E-state index >= 15 is 0 Å². The van der Waals surface area contributed by atoms with E-state index in [0.29, 0.717) is 31.2 Å². The van der Waals surface area contributed by atoms with Crippen LogP contribution in [0.25, 0.3) is 5.70 Å². The molecule has 1 saturated carbocycles. The first-order valence-corrected chi connectivity index (χ1v) is 13.4. The minimum absolute atomic E-state index is 0.137. The number of piperazine rings is 1. The first kappa shape index (κ1) is 24.2. The Balaban J connectivity index is 1.42. The first-order chi connectivity index (χ1) is 17.5. The van der Waals surface area contributed by atoms with Gasteiger partial charge in [-0.2, -0.15) is 5.26 Å². The number of amides is 2. The highest BCUT2D eigenvalue weighted by Gasteiger charge is 2.35. The van der Waals surface area contributed by atoms with Gasteiger partial charge in [0.25, 0.3) is 5.91 Å². The van der Waals surface area contributed by atoms with Gasteiger partial charge in [0.2, 0.25) is 5.91 Å². The van der Waals surface area contributed by atoms with Crippen LogP contribution in [0.2, 0.25) is 0 Å². The number of hydrogen-bond acceptors (Lipinski definition) is 5. The van der Waals surface area contributed by atoms with Gasteiger partial charge in [-0.25, -0.2) is 0 Å². The number of aryl methyl sites for hydroxylation is 2. The molecule has 1 aliphatic carbocycles. The van der Waals surface area contributed by atoms with E-state index in [1.165, 1.54) is 17.3 Å². The molecular weight excluding hydrogens is 468 g/mol. The molecule has 6 nitrogen and oxygen atoms in total. The summed E-state index contributed by atoms with van der Waals surface area (Å²) in [5.41, 5.74) is 5.32. The molecule has 0 aromatic heterocycles. The molecule has 7 heteroatoms. The van der Waals surface area contributed by atoms with Crippen LogP contribution in [0.5, 0.6) is 0 Å². The third kappa shape index (κ3) is 4.66. The molecule has 36 heavy (non-hydrogen) atoms. The number of anilines is 1. The summed E-state index contributed by atoms with van der Waals surface area (Å²) >= 11 is 1.41. The Labute approximate surface area is 216 Å². The highest BCUT2D eigenvalue weighted by atomic mass is 32.2. The van der Waals surface area contributed by atoms with Gasteiger partial charge < -0.3 is 14.7 Å². The predicted octanol–water partition coefficient (Wildman–Crippen LogP) is 5.06. The molecule has 1 saturated heterocycles. The zero-order valence-electron chi connectivity index (χ0n) is 20.7.